The van der Waals surface area contributed by atoms with Crippen molar-refractivity contribution in [3.8, 4) is 0 Å². The summed E-state index contributed by atoms with van der Waals surface area (Å²) < 4.78 is 41.0. The summed E-state index contributed by atoms with van der Waals surface area (Å²) in [5, 5.41) is 10.6. The molecule has 2 unspecified atom stereocenters. The smallest absolute Gasteiger partial charge is 0.297 e. The van der Waals surface area contributed by atoms with Crippen LogP contribution in [0.2, 0.25) is 0 Å². The summed E-state index contributed by atoms with van der Waals surface area (Å²) in [4.78, 5) is 0.0221. The van der Waals surface area contributed by atoms with E-state index in [1.165, 1.54) is 31.4 Å². The molecule has 154 valence electrons. The van der Waals surface area contributed by atoms with Gasteiger partial charge in [0, 0.05) is 0 Å². The predicted octanol–water partition coefficient (Wildman–Crippen LogP) is 3.64. The van der Waals surface area contributed by atoms with Crippen LogP contribution >= 0.6 is 0 Å². The van der Waals surface area contributed by atoms with E-state index in [4.69, 9.17) is 13.7 Å². The highest BCUT2D eigenvalue weighted by molar-refractivity contribution is 7.86. The van der Waals surface area contributed by atoms with E-state index in [1.807, 2.05) is 6.92 Å². The second kappa shape index (κ2) is 10.8. The largest absolute Gasteiger partial charge is 0.498 e. The summed E-state index contributed by atoms with van der Waals surface area (Å²) in [6, 6.07) is 6.27. The van der Waals surface area contributed by atoms with Crippen molar-refractivity contribution in [3.05, 3.63) is 78.3 Å². The fraction of sp³-hybridized carbons (Fsp3) is 0.333. The van der Waals surface area contributed by atoms with Gasteiger partial charge in [-0.25, -0.2) is 0 Å². The molecular formula is C21H28O6S. The molecule has 0 radical (unpaired) electrons. The van der Waals surface area contributed by atoms with Gasteiger partial charge in [-0.1, -0.05) is 43.0 Å². The Kier molecular flexibility index (Phi) is 9.18. The van der Waals surface area contributed by atoms with Crippen LogP contribution in [0.15, 0.2) is 77.6 Å². The molecule has 6 nitrogen and oxygen atoms in total. The van der Waals surface area contributed by atoms with Crippen LogP contribution in [-0.2, 0) is 23.8 Å². The molecule has 0 fully saturated rings. The van der Waals surface area contributed by atoms with Gasteiger partial charge < -0.3 is 14.6 Å². The molecule has 0 spiro atoms. The van der Waals surface area contributed by atoms with E-state index in [9.17, 15) is 13.5 Å². The van der Waals surface area contributed by atoms with Gasteiger partial charge in [0.05, 0.1) is 12.0 Å². The lowest BCUT2D eigenvalue weighted by Crippen LogP contribution is -2.35. The number of aryl methyl sites for hydroxylation is 1. The molecule has 1 aromatic carbocycles. The molecule has 1 rings (SSSR count). The maximum absolute atomic E-state index is 12.5. The zero-order valence-corrected chi connectivity index (χ0v) is 17.5. The van der Waals surface area contributed by atoms with Crippen molar-refractivity contribution >= 4 is 10.1 Å². The lowest BCUT2D eigenvalue weighted by molar-refractivity contribution is -0.00965. The Morgan fingerprint density at radius 1 is 1.21 bits per heavy atom. The minimum absolute atomic E-state index is 0.0221. The predicted molar refractivity (Wildman–Crippen MR) is 109 cm³/mol. The summed E-state index contributed by atoms with van der Waals surface area (Å²) in [6.45, 7) is 12.1. The first kappa shape index (κ1) is 23.7. The average molecular weight is 409 g/mol. The Bertz CT molecular complexity index is 834. The van der Waals surface area contributed by atoms with Crippen molar-refractivity contribution in [1.29, 1.82) is 0 Å². The van der Waals surface area contributed by atoms with E-state index in [2.05, 4.69) is 13.2 Å². The van der Waals surface area contributed by atoms with Crippen molar-refractivity contribution in [2.24, 2.45) is 0 Å². The van der Waals surface area contributed by atoms with Crippen LogP contribution in [0.5, 0.6) is 0 Å². The minimum atomic E-state index is -4.02. The van der Waals surface area contributed by atoms with Gasteiger partial charge in [-0.05, 0) is 44.6 Å². The van der Waals surface area contributed by atoms with E-state index in [1.54, 1.807) is 32.1 Å². The first-order valence-corrected chi connectivity index (χ1v) is 10.1. The van der Waals surface area contributed by atoms with Gasteiger partial charge in [-0.2, -0.15) is 8.42 Å². The molecule has 28 heavy (non-hydrogen) atoms. The van der Waals surface area contributed by atoms with Gasteiger partial charge in [0.1, 0.15) is 18.5 Å². The molecule has 2 atom stereocenters. The van der Waals surface area contributed by atoms with Crippen LogP contribution in [-0.4, -0.2) is 39.4 Å². The zero-order valence-electron chi connectivity index (χ0n) is 16.7. The molecule has 0 aliphatic heterocycles. The van der Waals surface area contributed by atoms with E-state index < -0.39 is 28.9 Å². The first-order chi connectivity index (χ1) is 13.2. The Balaban J connectivity index is 3.12. The van der Waals surface area contributed by atoms with Gasteiger partial charge in [0.25, 0.3) is 10.1 Å². The molecule has 7 heteroatoms. The third kappa shape index (κ3) is 6.37. The third-order valence-electron chi connectivity index (χ3n) is 4.08. The fourth-order valence-corrected chi connectivity index (χ4v) is 3.20. The number of benzene rings is 1. The highest BCUT2D eigenvalue weighted by Gasteiger charge is 2.28. The van der Waals surface area contributed by atoms with Crippen LogP contribution in [0.4, 0.5) is 0 Å². The van der Waals surface area contributed by atoms with Crippen molar-refractivity contribution in [1.82, 2.24) is 0 Å². The Hall–Kier alpha value is -2.35. The number of aliphatic hydroxyl groups is 1. The summed E-state index contributed by atoms with van der Waals surface area (Å²) in [5.41, 5.74) is 1.40. The third-order valence-corrected chi connectivity index (χ3v) is 5.37. The number of ether oxygens (including phenoxy) is 2. The van der Waals surface area contributed by atoms with Gasteiger partial charge in [-0.15, -0.1) is 0 Å². The second-order valence-corrected chi connectivity index (χ2v) is 7.59. The van der Waals surface area contributed by atoms with Crippen molar-refractivity contribution in [3.63, 3.8) is 0 Å². The molecule has 0 aliphatic carbocycles. The van der Waals surface area contributed by atoms with Gasteiger partial charge >= 0.3 is 0 Å². The maximum Gasteiger partial charge on any atom is 0.297 e. The Labute approximate surface area is 167 Å². The van der Waals surface area contributed by atoms with Crippen LogP contribution in [0.25, 0.3) is 0 Å². The quantitative estimate of drug-likeness (QED) is 0.342. The van der Waals surface area contributed by atoms with Crippen LogP contribution in [0.3, 0.4) is 0 Å². The van der Waals surface area contributed by atoms with Crippen LogP contribution < -0.4 is 0 Å². The molecular weight excluding hydrogens is 380 g/mol. The second-order valence-electron chi connectivity index (χ2n) is 5.97. The molecule has 0 saturated carbocycles. The number of methoxy groups -OCH3 is 1. The van der Waals surface area contributed by atoms with Crippen molar-refractivity contribution < 1.29 is 27.2 Å². The van der Waals surface area contributed by atoms with Gasteiger partial charge in [-0.3, -0.25) is 4.18 Å². The molecule has 0 bridgehead atoms. The standard InChI is InChI=1S/C21H28O6S/c1-7-17(8-2)21(22)20(27-19(9-3)16(5)25-6)14-26-28(23,24)18-12-10-15(4)11-13-18/h7-13,20-22H,1,3,14H2,2,4-6H3/b17-8-,19-16+. The van der Waals surface area contributed by atoms with Crippen LogP contribution in [0.1, 0.15) is 19.4 Å². The normalized spacial score (nSPS) is 15.2. The number of hydrogen-bond acceptors (Lipinski definition) is 6. The SMILES string of the molecule is C=C/C(=C/C)C(O)C(COS(=O)(=O)c1ccc(C)cc1)O/C(C=C)=C(\C)OC. The lowest BCUT2D eigenvalue weighted by atomic mass is 10.0. The summed E-state index contributed by atoms with van der Waals surface area (Å²) in [6.07, 6.45) is 2.33. The topological polar surface area (TPSA) is 82.1 Å². The van der Waals surface area contributed by atoms with E-state index in [0.717, 1.165) is 5.56 Å². The summed E-state index contributed by atoms with van der Waals surface area (Å²) in [7, 11) is -2.56. The molecule has 0 saturated heterocycles. The maximum atomic E-state index is 12.5. The lowest BCUT2D eigenvalue weighted by Gasteiger charge is -2.25. The van der Waals surface area contributed by atoms with Crippen LogP contribution in [0, 0.1) is 6.92 Å². The number of rotatable bonds is 11. The van der Waals surface area contributed by atoms with E-state index in [-0.39, 0.29) is 10.7 Å². The number of hydrogen-bond donors (Lipinski definition) is 1. The monoisotopic (exact) mass is 408 g/mol. The highest BCUT2D eigenvalue weighted by Crippen LogP contribution is 2.20. The molecule has 1 N–H and O–H groups in total. The molecule has 0 amide bonds. The number of allylic oxidation sites excluding steroid dienone is 3. The van der Waals surface area contributed by atoms with E-state index >= 15 is 0 Å². The molecule has 0 heterocycles. The number of aliphatic hydroxyl groups excluding tert-OH is 1. The van der Waals surface area contributed by atoms with Gasteiger partial charge in [0.2, 0.25) is 0 Å². The Morgan fingerprint density at radius 3 is 2.29 bits per heavy atom. The Morgan fingerprint density at radius 2 is 1.82 bits per heavy atom. The fourth-order valence-electron chi connectivity index (χ4n) is 2.28. The van der Waals surface area contributed by atoms with E-state index in [0.29, 0.717) is 11.3 Å². The summed E-state index contributed by atoms with van der Waals surface area (Å²) >= 11 is 0. The summed E-state index contributed by atoms with van der Waals surface area (Å²) in [5.74, 6) is 0.691. The molecule has 1 aromatic rings. The average Bonchev–Trinajstić information content (AvgIpc) is 2.68. The van der Waals surface area contributed by atoms with Gasteiger partial charge in [0.15, 0.2) is 11.9 Å². The molecule has 0 aliphatic rings. The van der Waals surface area contributed by atoms with Crippen molar-refractivity contribution in [2.75, 3.05) is 13.7 Å². The first-order valence-electron chi connectivity index (χ1n) is 8.66. The minimum Gasteiger partial charge on any atom is -0.498 e. The highest BCUT2D eigenvalue weighted by atomic mass is 32.2. The zero-order chi connectivity index (χ0) is 21.3. The molecule has 0 aromatic heterocycles. The van der Waals surface area contributed by atoms with Crippen molar-refractivity contribution in [2.45, 2.75) is 37.9 Å².